The van der Waals surface area contributed by atoms with Gasteiger partial charge in [0.15, 0.2) is 0 Å². The zero-order chi connectivity index (χ0) is 43.1. The molecule has 0 aliphatic heterocycles. The first-order chi connectivity index (χ1) is 32.1. The summed E-state index contributed by atoms with van der Waals surface area (Å²) in [4.78, 5) is 2.38. The Morgan fingerprint density at radius 2 is 0.892 bits per heavy atom. The average Bonchev–Trinajstić information content (AvgIpc) is 4.03. The Hall–Kier alpha value is -7.98. The summed E-state index contributed by atoms with van der Waals surface area (Å²) in [5.74, 6) is 0. The molecule has 2 nitrogen and oxygen atoms in total. The van der Waals surface area contributed by atoms with Crippen LogP contribution in [0.5, 0.6) is 0 Å². The van der Waals surface area contributed by atoms with Crippen molar-refractivity contribution < 1.29 is 4.42 Å². The van der Waals surface area contributed by atoms with Crippen LogP contribution in [-0.4, -0.2) is 0 Å². The van der Waals surface area contributed by atoms with Crippen LogP contribution in [0.15, 0.2) is 235 Å². The van der Waals surface area contributed by atoms with Crippen LogP contribution < -0.4 is 4.90 Å². The lowest BCUT2D eigenvalue weighted by atomic mass is 9.67. The molecule has 3 heteroatoms. The quantitative estimate of drug-likeness (QED) is 0.159. The molecule has 0 saturated heterocycles. The van der Waals surface area contributed by atoms with Crippen molar-refractivity contribution in [1.82, 2.24) is 0 Å². The maximum Gasteiger partial charge on any atom is 0.135 e. The third-order valence-corrected chi connectivity index (χ3v) is 14.8. The van der Waals surface area contributed by atoms with E-state index in [1.54, 1.807) is 0 Å². The van der Waals surface area contributed by atoms with Crippen LogP contribution in [0.25, 0.3) is 75.5 Å². The fourth-order valence-corrected chi connectivity index (χ4v) is 11.7. The van der Waals surface area contributed by atoms with Crippen LogP contribution in [0.1, 0.15) is 27.8 Å². The molecule has 306 valence electrons. The number of benzene rings is 10. The maximum absolute atomic E-state index is 6.17. The highest BCUT2D eigenvalue weighted by Gasteiger charge is 2.46. The van der Waals surface area contributed by atoms with E-state index in [1.807, 2.05) is 23.5 Å². The van der Waals surface area contributed by atoms with Crippen molar-refractivity contribution in [3.63, 3.8) is 0 Å². The van der Waals surface area contributed by atoms with Gasteiger partial charge in [-0.25, -0.2) is 0 Å². The summed E-state index contributed by atoms with van der Waals surface area (Å²) in [5, 5.41) is 4.89. The lowest BCUT2D eigenvalue weighted by molar-refractivity contribution is 0.669. The van der Waals surface area contributed by atoms with E-state index in [4.69, 9.17) is 4.42 Å². The van der Waals surface area contributed by atoms with Crippen molar-refractivity contribution in [2.24, 2.45) is 0 Å². The minimum absolute atomic E-state index is 0.470. The first-order valence-corrected chi connectivity index (χ1v) is 23.1. The molecule has 0 fully saturated rings. The lowest BCUT2D eigenvalue weighted by Gasteiger charge is -2.34. The molecule has 2 heterocycles. The van der Waals surface area contributed by atoms with Crippen molar-refractivity contribution in [1.29, 1.82) is 0 Å². The first kappa shape index (κ1) is 37.6. The third kappa shape index (κ3) is 5.93. The lowest BCUT2D eigenvalue weighted by Crippen LogP contribution is -2.28. The number of nitrogens with zero attached hydrogens (tertiary/aromatic N) is 1. The number of rotatable bonds is 7. The predicted molar refractivity (Wildman–Crippen MR) is 274 cm³/mol. The number of aryl methyl sites for hydroxylation is 1. The third-order valence-electron chi connectivity index (χ3n) is 13.6. The van der Waals surface area contributed by atoms with E-state index in [1.165, 1.54) is 70.2 Å². The van der Waals surface area contributed by atoms with Gasteiger partial charge in [-0.05, 0) is 135 Å². The van der Waals surface area contributed by atoms with E-state index in [-0.39, 0.29) is 0 Å². The molecule has 0 amide bonds. The minimum Gasteiger partial charge on any atom is -0.456 e. The first-order valence-electron chi connectivity index (χ1n) is 22.3. The summed E-state index contributed by atoms with van der Waals surface area (Å²) in [7, 11) is 0. The maximum atomic E-state index is 6.17. The smallest absolute Gasteiger partial charge is 0.135 e. The van der Waals surface area contributed by atoms with Gasteiger partial charge in [0.25, 0.3) is 0 Å². The number of hydrogen-bond donors (Lipinski definition) is 0. The van der Waals surface area contributed by atoms with Gasteiger partial charge in [0, 0.05) is 48.0 Å². The fourth-order valence-electron chi connectivity index (χ4n) is 10.6. The summed E-state index contributed by atoms with van der Waals surface area (Å²) in [5.41, 5.74) is 18.3. The number of fused-ring (bicyclic) bond motifs is 9. The number of para-hydroxylation sites is 1. The Morgan fingerprint density at radius 3 is 1.57 bits per heavy atom. The van der Waals surface area contributed by atoms with Gasteiger partial charge in [-0.15, -0.1) is 11.3 Å². The number of anilines is 3. The highest BCUT2D eigenvalue weighted by molar-refractivity contribution is 7.25. The molecule has 0 saturated carbocycles. The molecule has 10 aromatic carbocycles. The molecule has 0 radical (unpaired) electrons. The number of furan rings is 1. The molecule has 1 aliphatic rings. The van der Waals surface area contributed by atoms with Gasteiger partial charge in [0.05, 0.1) is 5.41 Å². The van der Waals surface area contributed by atoms with Gasteiger partial charge in [0.2, 0.25) is 0 Å². The minimum atomic E-state index is -0.470. The van der Waals surface area contributed by atoms with Gasteiger partial charge in [-0.2, -0.15) is 0 Å². The molecular weight excluding hydrogens is 807 g/mol. The average molecular weight is 848 g/mol. The molecule has 0 N–H and O–H groups in total. The largest absolute Gasteiger partial charge is 0.456 e. The normalized spacial score (nSPS) is 12.8. The SMILES string of the molecule is Cc1cccc(C2(c3ccc(N(c4ccc(-c5ccc6oc7ccccc7c6c5)cc4)c4ccc(-c5ccc6sc7ccccc7c6c5)cc4)cc3)c3ccccc3-c3ccccc32)c1. The van der Waals surface area contributed by atoms with Crippen LogP contribution in [0, 0.1) is 6.92 Å². The molecule has 0 spiro atoms. The second kappa shape index (κ2) is 14.8. The van der Waals surface area contributed by atoms with Crippen LogP contribution in [0.4, 0.5) is 17.1 Å². The fraction of sp³-hybridized carbons (Fsp3) is 0.0323. The summed E-state index contributed by atoms with van der Waals surface area (Å²) in [6.45, 7) is 2.20. The zero-order valence-electron chi connectivity index (χ0n) is 35.7. The summed E-state index contributed by atoms with van der Waals surface area (Å²) in [6, 6.07) is 84.8. The van der Waals surface area contributed by atoms with Crippen LogP contribution in [-0.2, 0) is 5.41 Å². The monoisotopic (exact) mass is 847 g/mol. The second-order valence-electron chi connectivity index (χ2n) is 17.3. The predicted octanol–water partition coefficient (Wildman–Crippen LogP) is 17.4. The number of thiophene rings is 1. The molecule has 0 atom stereocenters. The van der Waals surface area contributed by atoms with Crippen LogP contribution in [0.3, 0.4) is 0 Å². The van der Waals surface area contributed by atoms with Crippen LogP contribution >= 0.6 is 11.3 Å². The summed E-state index contributed by atoms with van der Waals surface area (Å²) in [6.07, 6.45) is 0. The van der Waals surface area contributed by atoms with Crippen LogP contribution in [0.2, 0.25) is 0 Å². The highest BCUT2D eigenvalue weighted by Crippen LogP contribution is 2.56. The second-order valence-corrected chi connectivity index (χ2v) is 18.4. The van der Waals surface area contributed by atoms with Gasteiger partial charge in [0.1, 0.15) is 11.2 Å². The standard InChI is InChI=1S/C62H41NOS/c1-40-11-10-12-46(37-40)62(56-17-6-2-13-50(56)51-14-3-7-18-57(51)62)45-27-33-49(34-28-45)63(47-29-21-41(22-30-47)43-25-35-59-54(38-43)52-15-4-8-19-58(52)64-59)48-31-23-42(24-32-48)44-26-36-61-55(39-44)53-16-5-9-20-60(53)65-61/h2-39H,1H3. The van der Waals surface area contributed by atoms with Gasteiger partial charge in [-0.1, -0.05) is 163 Å². The Bertz CT molecular complexity index is 3580. The topological polar surface area (TPSA) is 16.4 Å². The molecule has 0 unspecified atom stereocenters. The van der Waals surface area contributed by atoms with Crippen molar-refractivity contribution in [2.45, 2.75) is 12.3 Å². The van der Waals surface area contributed by atoms with E-state index in [9.17, 15) is 0 Å². The molecule has 2 aromatic heterocycles. The molecule has 65 heavy (non-hydrogen) atoms. The van der Waals surface area contributed by atoms with Gasteiger partial charge >= 0.3 is 0 Å². The Morgan fingerprint density at radius 1 is 0.369 bits per heavy atom. The Balaban J connectivity index is 0.933. The molecule has 12 aromatic rings. The Kier molecular flexibility index (Phi) is 8.56. The molecular formula is C62H41NOS. The Labute approximate surface area is 381 Å². The van der Waals surface area contributed by atoms with Crippen molar-refractivity contribution in [2.75, 3.05) is 4.90 Å². The van der Waals surface area contributed by atoms with Gasteiger partial charge < -0.3 is 9.32 Å². The van der Waals surface area contributed by atoms with Gasteiger partial charge in [-0.3, -0.25) is 0 Å². The highest BCUT2D eigenvalue weighted by atomic mass is 32.1. The molecule has 13 rings (SSSR count). The van der Waals surface area contributed by atoms with E-state index in [2.05, 4.69) is 230 Å². The summed E-state index contributed by atoms with van der Waals surface area (Å²) < 4.78 is 8.81. The van der Waals surface area contributed by atoms with E-state index in [0.29, 0.717) is 0 Å². The molecule has 1 aliphatic carbocycles. The zero-order valence-corrected chi connectivity index (χ0v) is 36.5. The molecule has 0 bridgehead atoms. The van der Waals surface area contributed by atoms with Crippen molar-refractivity contribution >= 4 is 70.5 Å². The summed E-state index contributed by atoms with van der Waals surface area (Å²) >= 11 is 1.86. The number of hydrogen-bond acceptors (Lipinski definition) is 3. The van der Waals surface area contributed by atoms with E-state index >= 15 is 0 Å². The van der Waals surface area contributed by atoms with E-state index in [0.717, 1.165) is 50.1 Å². The van der Waals surface area contributed by atoms with Crippen molar-refractivity contribution in [3.8, 4) is 33.4 Å². The van der Waals surface area contributed by atoms with Crippen molar-refractivity contribution in [3.05, 3.63) is 258 Å². The van der Waals surface area contributed by atoms with E-state index < -0.39 is 5.41 Å².